The molecule has 1 aromatic heterocycles. The van der Waals surface area contributed by atoms with Crippen LogP contribution < -0.4 is 0 Å². The first kappa shape index (κ1) is 12.3. The minimum absolute atomic E-state index is 0.167. The van der Waals surface area contributed by atoms with E-state index in [1.165, 1.54) is 10.3 Å². The number of hydrogen-bond acceptors (Lipinski definition) is 2. The first-order chi connectivity index (χ1) is 8.70. The van der Waals surface area contributed by atoms with Gasteiger partial charge in [-0.1, -0.05) is 23.2 Å². The molecule has 0 unspecified atom stereocenters. The molecule has 94 valence electrons. The number of nitrogens with zero attached hydrogens (tertiary/aromatic N) is 2. The smallest absolute Gasteiger partial charge is 0.170 e. The van der Waals surface area contributed by atoms with E-state index in [2.05, 4.69) is 4.98 Å². The van der Waals surface area contributed by atoms with Gasteiger partial charge in [0.05, 0.1) is 16.4 Å². The molecule has 0 spiro atoms. The van der Waals surface area contributed by atoms with Gasteiger partial charge in [0.1, 0.15) is 6.33 Å². The monoisotopic (exact) mass is 302 g/mol. The van der Waals surface area contributed by atoms with Gasteiger partial charge in [0.15, 0.2) is 12.3 Å². The third kappa shape index (κ3) is 2.13. The van der Waals surface area contributed by atoms with Crippen molar-refractivity contribution >= 4 is 35.5 Å². The molecule has 2 aromatic rings. The summed E-state index contributed by atoms with van der Waals surface area (Å²) in [6.45, 7) is 0. The highest BCUT2D eigenvalue weighted by atomic mass is 35.5. The van der Waals surface area contributed by atoms with Crippen molar-refractivity contribution in [2.75, 3.05) is 0 Å². The van der Waals surface area contributed by atoms with E-state index < -0.39 is 0 Å². The summed E-state index contributed by atoms with van der Waals surface area (Å²) in [5.41, 5.74) is 2.39. The van der Waals surface area contributed by atoms with E-state index >= 15 is 0 Å². The van der Waals surface area contributed by atoms with Gasteiger partial charge in [0, 0.05) is 16.5 Å². The van der Waals surface area contributed by atoms with Gasteiger partial charge in [-0.25, -0.2) is 8.96 Å². The van der Waals surface area contributed by atoms with Gasteiger partial charge in [0.25, 0.3) is 0 Å². The average molecular weight is 303 g/mol. The van der Waals surface area contributed by atoms with Gasteiger partial charge in [-0.05, 0) is 31.0 Å². The van der Waals surface area contributed by atoms with Crippen molar-refractivity contribution in [2.45, 2.75) is 18.8 Å². The fourth-order valence-corrected chi connectivity index (χ4v) is 2.79. The van der Waals surface area contributed by atoms with Gasteiger partial charge < -0.3 is 0 Å². The Kier molecular flexibility index (Phi) is 3.26. The van der Waals surface area contributed by atoms with Gasteiger partial charge in [-0.15, -0.1) is 3.89 Å². The van der Waals surface area contributed by atoms with Gasteiger partial charge in [-0.2, -0.15) is 0 Å². The first-order valence-corrected chi connectivity index (χ1v) is 6.95. The van der Waals surface area contributed by atoms with Crippen LogP contribution in [0.15, 0.2) is 24.5 Å². The average Bonchev–Trinajstić information content (AvgIpc) is 3.12. The maximum atomic E-state index is 12.9. The van der Waals surface area contributed by atoms with Gasteiger partial charge in [0.2, 0.25) is 0 Å². The summed E-state index contributed by atoms with van der Waals surface area (Å²) in [7, 11) is 0. The maximum absolute atomic E-state index is 12.9. The molecule has 1 aliphatic rings. The molecule has 0 aliphatic heterocycles. The summed E-state index contributed by atoms with van der Waals surface area (Å²) in [5.74, 6) is 0.376. The van der Waals surface area contributed by atoms with Crippen LogP contribution in [0.2, 0.25) is 10.0 Å². The Balaban J connectivity index is 2.16. The van der Waals surface area contributed by atoms with Crippen molar-refractivity contribution in [2.24, 2.45) is 0 Å². The molecule has 3 rings (SSSR count). The number of imidazole rings is 1. The topological polar surface area (TPSA) is 17.8 Å². The highest BCUT2D eigenvalue weighted by Crippen LogP contribution is 2.46. The van der Waals surface area contributed by atoms with E-state index in [1.54, 1.807) is 18.2 Å². The van der Waals surface area contributed by atoms with Crippen molar-refractivity contribution in [1.82, 2.24) is 8.96 Å². The Bertz CT molecular complexity index is 596. The second-order valence-electron chi connectivity index (χ2n) is 4.27. The van der Waals surface area contributed by atoms with E-state index in [0.717, 1.165) is 29.8 Å². The lowest BCUT2D eigenvalue weighted by atomic mass is 10.1. The number of rotatable bonds is 3. The fraction of sp³-hybridized carbons (Fsp3) is 0.250. The number of halogens is 3. The van der Waals surface area contributed by atoms with Crippen LogP contribution in [0, 0.1) is 0 Å². The molecule has 0 N–H and O–H groups in total. The van der Waals surface area contributed by atoms with Crippen molar-refractivity contribution < 1.29 is 3.89 Å². The third-order valence-electron chi connectivity index (χ3n) is 2.99. The quantitative estimate of drug-likeness (QED) is 0.783. The van der Waals surface area contributed by atoms with E-state index in [-0.39, 0.29) is 12.3 Å². The van der Waals surface area contributed by atoms with E-state index in [0.29, 0.717) is 16.0 Å². The lowest BCUT2D eigenvalue weighted by Gasteiger charge is -2.06. The molecule has 6 heteroatoms. The summed E-state index contributed by atoms with van der Waals surface area (Å²) in [5, 5.41) is 1.18. The molecule has 1 aromatic carbocycles. The zero-order valence-corrected chi connectivity index (χ0v) is 11.6. The molecule has 1 aliphatic carbocycles. The molecule has 0 amide bonds. The maximum Gasteiger partial charge on any atom is 0.170 e. The molecule has 0 bridgehead atoms. The molecule has 1 fully saturated rings. The molecule has 0 saturated heterocycles. The number of aromatic nitrogens is 2. The van der Waals surface area contributed by atoms with E-state index in [4.69, 9.17) is 23.2 Å². The van der Waals surface area contributed by atoms with Crippen LogP contribution in [0.25, 0.3) is 11.3 Å². The van der Waals surface area contributed by atoms with Crippen molar-refractivity contribution in [1.29, 1.82) is 0 Å². The Morgan fingerprint density at radius 3 is 2.78 bits per heavy atom. The molecule has 0 radical (unpaired) electrons. The van der Waals surface area contributed by atoms with E-state index in [9.17, 15) is 3.89 Å². The lowest BCUT2D eigenvalue weighted by molar-refractivity contribution is 0.895. The SMILES string of the molecule is FSn1cnc(-c2cc(Cl)ccc2Cl)c1C1CC1. The van der Waals surface area contributed by atoms with Crippen LogP contribution in [0.1, 0.15) is 24.5 Å². The van der Waals surface area contributed by atoms with Crippen LogP contribution in [0.5, 0.6) is 0 Å². The van der Waals surface area contributed by atoms with Gasteiger partial charge in [-0.3, -0.25) is 0 Å². The predicted molar refractivity (Wildman–Crippen MR) is 73.8 cm³/mol. The van der Waals surface area contributed by atoms with E-state index in [1.807, 2.05) is 0 Å². The lowest BCUT2D eigenvalue weighted by Crippen LogP contribution is -1.92. The standard InChI is InChI=1S/C12H9Cl2FN2S/c13-8-3-4-10(14)9(5-8)11-12(7-1-2-7)17(18-15)6-16-11/h3-7H,1-2H2. The largest absolute Gasteiger partial charge is 0.248 e. The summed E-state index contributed by atoms with van der Waals surface area (Å²) >= 11 is 12.3. The second-order valence-corrected chi connectivity index (χ2v) is 5.65. The Hall–Kier alpha value is -0.710. The molecular formula is C12H9Cl2FN2S. The van der Waals surface area contributed by atoms with Crippen LogP contribution in [0.3, 0.4) is 0 Å². The summed E-state index contributed by atoms with van der Waals surface area (Å²) < 4.78 is 14.3. The van der Waals surface area contributed by atoms with Crippen LogP contribution in [0.4, 0.5) is 3.89 Å². The minimum atomic E-state index is 0.167. The minimum Gasteiger partial charge on any atom is -0.248 e. The number of benzene rings is 1. The zero-order valence-electron chi connectivity index (χ0n) is 9.24. The van der Waals surface area contributed by atoms with Crippen LogP contribution in [-0.2, 0) is 0 Å². The predicted octanol–water partition coefficient (Wildman–Crippen LogP) is 5.12. The molecular weight excluding hydrogens is 294 g/mol. The fourth-order valence-electron chi connectivity index (χ4n) is 2.01. The highest BCUT2D eigenvalue weighted by molar-refractivity contribution is 7.92. The molecule has 2 nitrogen and oxygen atoms in total. The number of hydrogen-bond donors (Lipinski definition) is 0. The molecule has 1 heterocycles. The van der Waals surface area contributed by atoms with Crippen LogP contribution in [-0.4, -0.2) is 8.96 Å². The Morgan fingerprint density at radius 1 is 1.33 bits per heavy atom. The molecule has 0 atom stereocenters. The third-order valence-corrected chi connectivity index (χ3v) is 4.00. The van der Waals surface area contributed by atoms with Crippen LogP contribution >= 0.6 is 35.5 Å². The summed E-state index contributed by atoms with van der Waals surface area (Å²) in [6, 6.07) is 5.23. The summed E-state index contributed by atoms with van der Waals surface area (Å²) in [4.78, 5) is 4.28. The summed E-state index contributed by atoms with van der Waals surface area (Å²) in [6.07, 6.45) is 3.62. The second kappa shape index (κ2) is 4.76. The molecule has 1 saturated carbocycles. The highest BCUT2D eigenvalue weighted by Gasteiger charge is 2.31. The Morgan fingerprint density at radius 2 is 2.11 bits per heavy atom. The molecule has 18 heavy (non-hydrogen) atoms. The normalized spacial score (nSPS) is 15.1. The van der Waals surface area contributed by atoms with Crippen molar-refractivity contribution in [3.63, 3.8) is 0 Å². The van der Waals surface area contributed by atoms with Gasteiger partial charge >= 0.3 is 0 Å². The first-order valence-electron chi connectivity index (χ1n) is 5.52. The van der Waals surface area contributed by atoms with Crippen molar-refractivity contribution in [3.8, 4) is 11.3 Å². The van der Waals surface area contributed by atoms with Crippen molar-refractivity contribution in [3.05, 3.63) is 40.3 Å². The zero-order chi connectivity index (χ0) is 12.7. The Labute approximate surface area is 119 Å².